The van der Waals surface area contributed by atoms with E-state index in [1.54, 1.807) is 26.0 Å². The smallest absolute Gasteiger partial charge is 0.336 e. The van der Waals surface area contributed by atoms with Crippen LogP contribution in [0.15, 0.2) is 34.5 Å². The lowest BCUT2D eigenvalue weighted by Crippen LogP contribution is -2.36. The van der Waals surface area contributed by atoms with Gasteiger partial charge in [0.05, 0.1) is 19.8 Å². The molecule has 0 N–H and O–H groups in total. The molecule has 1 aromatic rings. The molecule has 0 aromatic heterocycles. The molecule has 0 radical (unpaired) electrons. The van der Waals surface area contributed by atoms with Crippen LogP contribution in [0.25, 0.3) is 0 Å². The number of hydrogen-bond donors (Lipinski definition) is 0. The molecule has 3 rings (SSSR count). The molecule has 0 fully saturated rings. The van der Waals surface area contributed by atoms with Gasteiger partial charge in [-0.15, -0.1) is 0 Å². The molecule has 7 nitrogen and oxygen atoms in total. The predicted molar refractivity (Wildman–Crippen MR) is 88.6 cm³/mol. The van der Waals surface area contributed by atoms with Gasteiger partial charge < -0.3 is 18.9 Å². The van der Waals surface area contributed by atoms with Crippen LogP contribution >= 0.6 is 0 Å². The van der Waals surface area contributed by atoms with Crippen LogP contribution in [0.4, 0.5) is 0 Å². The molecule has 0 bridgehead atoms. The third-order valence-electron chi connectivity index (χ3n) is 4.44. The van der Waals surface area contributed by atoms with Gasteiger partial charge in [0.15, 0.2) is 11.5 Å². The normalized spacial score (nSPS) is 21.7. The number of esters is 2. The SMILES string of the molecule is COC(=O)C1=C(C)N=C(C)C(C(=O)OC)C1c1ccc2c(c1)OCO2. The zero-order valence-corrected chi connectivity index (χ0v) is 14.5. The largest absolute Gasteiger partial charge is 0.468 e. The van der Waals surface area contributed by atoms with Crippen LogP contribution in [0.5, 0.6) is 11.5 Å². The quantitative estimate of drug-likeness (QED) is 0.781. The zero-order valence-electron chi connectivity index (χ0n) is 14.5. The highest BCUT2D eigenvalue weighted by Crippen LogP contribution is 2.43. The fourth-order valence-electron chi connectivity index (χ4n) is 3.31. The van der Waals surface area contributed by atoms with Crippen LogP contribution in [-0.2, 0) is 19.1 Å². The Morgan fingerprint density at radius 3 is 2.52 bits per heavy atom. The molecular formula is C18H19NO6. The summed E-state index contributed by atoms with van der Waals surface area (Å²) >= 11 is 0. The zero-order chi connectivity index (χ0) is 18.1. The van der Waals surface area contributed by atoms with Gasteiger partial charge in [-0.3, -0.25) is 9.79 Å². The van der Waals surface area contributed by atoms with E-state index in [1.165, 1.54) is 14.2 Å². The number of methoxy groups -OCH3 is 2. The lowest BCUT2D eigenvalue weighted by atomic mass is 9.75. The third-order valence-corrected chi connectivity index (χ3v) is 4.44. The highest BCUT2D eigenvalue weighted by Gasteiger charge is 2.42. The van der Waals surface area contributed by atoms with Crippen molar-refractivity contribution in [1.29, 1.82) is 0 Å². The number of aliphatic imine (C=N–C) groups is 1. The second kappa shape index (κ2) is 6.58. The highest BCUT2D eigenvalue weighted by atomic mass is 16.7. The van der Waals surface area contributed by atoms with Crippen molar-refractivity contribution in [2.45, 2.75) is 19.8 Å². The van der Waals surface area contributed by atoms with Crippen molar-refractivity contribution >= 4 is 17.7 Å². The number of ether oxygens (including phenoxy) is 4. The maximum atomic E-state index is 12.4. The second-order valence-electron chi connectivity index (χ2n) is 5.84. The van der Waals surface area contributed by atoms with Crippen LogP contribution in [0.1, 0.15) is 25.3 Å². The molecule has 2 heterocycles. The van der Waals surface area contributed by atoms with Crippen molar-refractivity contribution in [1.82, 2.24) is 0 Å². The first-order valence-corrected chi connectivity index (χ1v) is 7.79. The lowest BCUT2D eigenvalue weighted by molar-refractivity contribution is -0.143. The van der Waals surface area contributed by atoms with Gasteiger partial charge in [0.25, 0.3) is 0 Å². The average Bonchev–Trinajstić information content (AvgIpc) is 3.07. The molecule has 0 saturated carbocycles. The van der Waals surface area contributed by atoms with E-state index in [-0.39, 0.29) is 6.79 Å². The number of hydrogen-bond acceptors (Lipinski definition) is 7. The predicted octanol–water partition coefficient (Wildman–Crippen LogP) is 2.21. The topological polar surface area (TPSA) is 83.4 Å². The van der Waals surface area contributed by atoms with E-state index < -0.39 is 23.8 Å². The van der Waals surface area contributed by atoms with E-state index in [1.807, 2.05) is 6.07 Å². The van der Waals surface area contributed by atoms with Gasteiger partial charge in [-0.1, -0.05) is 6.07 Å². The molecule has 2 aliphatic rings. The van der Waals surface area contributed by atoms with E-state index in [2.05, 4.69) is 4.99 Å². The Hall–Kier alpha value is -2.83. The highest BCUT2D eigenvalue weighted by molar-refractivity contribution is 6.07. The van der Waals surface area contributed by atoms with Crippen molar-refractivity contribution < 1.29 is 28.5 Å². The van der Waals surface area contributed by atoms with Crippen molar-refractivity contribution in [3.63, 3.8) is 0 Å². The van der Waals surface area contributed by atoms with Crippen molar-refractivity contribution in [3.05, 3.63) is 35.0 Å². The molecule has 2 atom stereocenters. The summed E-state index contributed by atoms with van der Waals surface area (Å²) < 4.78 is 20.6. The number of rotatable bonds is 3. The van der Waals surface area contributed by atoms with E-state index in [0.717, 1.165) is 5.56 Å². The fraction of sp³-hybridized carbons (Fsp3) is 0.389. The summed E-state index contributed by atoms with van der Waals surface area (Å²) in [6.07, 6.45) is 0. The number of allylic oxidation sites excluding steroid dienone is 1. The molecule has 25 heavy (non-hydrogen) atoms. The second-order valence-corrected chi connectivity index (χ2v) is 5.84. The lowest BCUT2D eigenvalue weighted by Gasteiger charge is -2.31. The molecule has 0 amide bonds. The molecule has 132 valence electrons. The summed E-state index contributed by atoms with van der Waals surface area (Å²) in [5.74, 6) is -1.08. The molecule has 0 spiro atoms. The van der Waals surface area contributed by atoms with Gasteiger partial charge in [0.2, 0.25) is 6.79 Å². The first-order chi connectivity index (χ1) is 12.0. The first kappa shape index (κ1) is 17.0. The van der Waals surface area contributed by atoms with E-state index in [9.17, 15) is 9.59 Å². The van der Waals surface area contributed by atoms with Gasteiger partial charge in [0, 0.05) is 17.3 Å². The molecule has 0 aliphatic carbocycles. The molecule has 7 heteroatoms. The van der Waals surface area contributed by atoms with Crippen molar-refractivity contribution in [3.8, 4) is 11.5 Å². The van der Waals surface area contributed by atoms with Crippen LogP contribution in [-0.4, -0.2) is 38.7 Å². The van der Waals surface area contributed by atoms with Crippen molar-refractivity contribution in [2.75, 3.05) is 21.0 Å². The minimum Gasteiger partial charge on any atom is -0.468 e. The van der Waals surface area contributed by atoms with Crippen LogP contribution in [0.2, 0.25) is 0 Å². The first-order valence-electron chi connectivity index (χ1n) is 7.79. The maximum absolute atomic E-state index is 12.4. The van der Waals surface area contributed by atoms with E-state index >= 15 is 0 Å². The van der Waals surface area contributed by atoms with E-state index in [4.69, 9.17) is 18.9 Å². The summed E-state index contributed by atoms with van der Waals surface area (Å²) in [4.78, 5) is 29.2. The standard InChI is InChI=1S/C18H19NO6/c1-9-14(17(20)22-3)16(15(10(2)19-9)18(21)23-4)11-5-6-12-13(7-11)25-8-24-12/h5-7,14,16H,8H2,1-4H3. The minimum absolute atomic E-state index is 0.142. The van der Waals surface area contributed by atoms with Gasteiger partial charge >= 0.3 is 11.9 Å². The molecule has 0 saturated heterocycles. The van der Waals surface area contributed by atoms with Crippen LogP contribution < -0.4 is 9.47 Å². The number of carbonyl (C=O) groups excluding carboxylic acids is 2. The fourth-order valence-corrected chi connectivity index (χ4v) is 3.31. The summed E-state index contributed by atoms with van der Waals surface area (Å²) in [7, 11) is 2.62. The molecule has 2 unspecified atom stereocenters. The minimum atomic E-state index is -0.719. The molecule has 1 aromatic carbocycles. The number of fused-ring (bicyclic) bond motifs is 1. The Labute approximate surface area is 145 Å². The Morgan fingerprint density at radius 2 is 1.84 bits per heavy atom. The van der Waals surface area contributed by atoms with Gasteiger partial charge in [-0.25, -0.2) is 4.79 Å². The van der Waals surface area contributed by atoms with Gasteiger partial charge in [-0.05, 0) is 31.5 Å². The van der Waals surface area contributed by atoms with Crippen LogP contribution in [0.3, 0.4) is 0 Å². The van der Waals surface area contributed by atoms with Crippen molar-refractivity contribution in [2.24, 2.45) is 10.9 Å². The Bertz CT molecular complexity index is 795. The molecule has 2 aliphatic heterocycles. The average molecular weight is 345 g/mol. The summed E-state index contributed by atoms with van der Waals surface area (Å²) in [5, 5.41) is 0. The molecular weight excluding hydrogens is 326 g/mol. The summed E-state index contributed by atoms with van der Waals surface area (Å²) in [6, 6.07) is 5.35. The Morgan fingerprint density at radius 1 is 1.12 bits per heavy atom. The van der Waals surface area contributed by atoms with Gasteiger partial charge in [0.1, 0.15) is 5.92 Å². The van der Waals surface area contributed by atoms with E-state index in [0.29, 0.717) is 28.5 Å². The van der Waals surface area contributed by atoms with Gasteiger partial charge in [-0.2, -0.15) is 0 Å². The number of benzene rings is 1. The Kier molecular flexibility index (Phi) is 4.48. The monoisotopic (exact) mass is 345 g/mol. The number of carbonyl (C=O) groups is 2. The summed E-state index contributed by atoms with van der Waals surface area (Å²) in [5.41, 5.74) is 2.17. The maximum Gasteiger partial charge on any atom is 0.336 e. The number of nitrogens with zero attached hydrogens (tertiary/aromatic N) is 1. The third kappa shape index (κ3) is 2.86. The van der Waals surface area contributed by atoms with Crippen LogP contribution in [0, 0.1) is 5.92 Å². The Balaban J connectivity index is 2.17. The summed E-state index contributed by atoms with van der Waals surface area (Å²) in [6.45, 7) is 3.62.